The SMILES string of the molecule is CC(C)c1c(C(=O)Nc2ccccc2)c(-c2ccccc2)c(-c2ccc(F)cc2)n1CC[C@@H](O)C[C@@H](O)CCO[Si](C)(C)C(C)(C)C. The molecule has 252 valence electrons. The summed E-state index contributed by atoms with van der Waals surface area (Å²) in [6, 6.07) is 25.5. The van der Waals surface area contributed by atoms with Gasteiger partial charge < -0.3 is 24.5 Å². The maximum absolute atomic E-state index is 14.2. The molecule has 8 heteroatoms. The minimum atomic E-state index is -1.93. The van der Waals surface area contributed by atoms with Crippen molar-refractivity contribution in [3.8, 4) is 22.4 Å². The zero-order valence-electron chi connectivity index (χ0n) is 28.9. The third-order valence-corrected chi connectivity index (χ3v) is 13.8. The summed E-state index contributed by atoms with van der Waals surface area (Å²) in [5.41, 5.74) is 5.23. The molecule has 1 amide bonds. The fourth-order valence-corrected chi connectivity index (χ4v) is 6.76. The lowest BCUT2D eigenvalue weighted by Crippen LogP contribution is -2.41. The zero-order chi connectivity index (χ0) is 34.4. The molecule has 47 heavy (non-hydrogen) atoms. The lowest BCUT2D eigenvalue weighted by atomic mass is 9.94. The van der Waals surface area contributed by atoms with Gasteiger partial charge in [0.15, 0.2) is 8.32 Å². The number of hydrogen-bond donors (Lipinski definition) is 3. The fraction of sp³-hybridized carbons (Fsp3) is 0.410. The summed E-state index contributed by atoms with van der Waals surface area (Å²) in [4.78, 5) is 14.2. The smallest absolute Gasteiger partial charge is 0.258 e. The molecule has 0 aliphatic rings. The maximum Gasteiger partial charge on any atom is 0.258 e. The van der Waals surface area contributed by atoms with E-state index in [0.717, 1.165) is 28.1 Å². The van der Waals surface area contributed by atoms with Crippen LogP contribution in [0, 0.1) is 5.82 Å². The summed E-state index contributed by atoms with van der Waals surface area (Å²) >= 11 is 0. The summed E-state index contributed by atoms with van der Waals surface area (Å²) in [5.74, 6) is -0.641. The number of hydrogen-bond acceptors (Lipinski definition) is 4. The van der Waals surface area contributed by atoms with Crippen molar-refractivity contribution in [3.05, 3.63) is 102 Å². The highest BCUT2D eigenvalue weighted by atomic mass is 28.4. The van der Waals surface area contributed by atoms with Gasteiger partial charge >= 0.3 is 0 Å². The van der Waals surface area contributed by atoms with Crippen molar-refractivity contribution in [1.29, 1.82) is 0 Å². The highest BCUT2D eigenvalue weighted by Crippen LogP contribution is 2.43. The first-order valence-electron chi connectivity index (χ1n) is 16.6. The van der Waals surface area contributed by atoms with Crippen molar-refractivity contribution < 1.29 is 23.8 Å². The van der Waals surface area contributed by atoms with Gasteiger partial charge in [-0.3, -0.25) is 4.79 Å². The number of aliphatic hydroxyl groups excluding tert-OH is 2. The predicted octanol–water partition coefficient (Wildman–Crippen LogP) is 9.25. The maximum atomic E-state index is 14.2. The Hall–Kier alpha value is -3.56. The topological polar surface area (TPSA) is 83.7 Å². The Balaban J connectivity index is 1.70. The second kappa shape index (κ2) is 15.6. The van der Waals surface area contributed by atoms with E-state index < -0.39 is 20.5 Å². The van der Waals surface area contributed by atoms with E-state index in [-0.39, 0.29) is 29.1 Å². The van der Waals surface area contributed by atoms with Crippen molar-refractivity contribution in [2.45, 2.75) is 96.7 Å². The molecule has 1 aromatic heterocycles. The Morgan fingerprint density at radius 1 is 0.872 bits per heavy atom. The van der Waals surface area contributed by atoms with Crippen molar-refractivity contribution in [1.82, 2.24) is 4.57 Å². The van der Waals surface area contributed by atoms with E-state index in [2.05, 4.69) is 57.6 Å². The van der Waals surface area contributed by atoms with E-state index in [1.807, 2.05) is 60.7 Å². The highest BCUT2D eigenvalue weighted by molar-refractivity contribution is 6.74. The van der Waals surface area contributed by atoms with Crippen LogP contribution in [0.15, 0.2) is 84.9 Å². The van der Waals surface area contributed by atoms with E-state index in [9.17, 15) is 19.4 Å². The third kappa shape index (κ3) is 9.08. The van der Waals surface area contributed by atoms with E-state index in [0.29, 0.717) is 37.2 Å². The average molecular weight is 659 g/mol. The highest BCUT2D eigenvalue weighted by Gasteiger charge is 2.37. The molecule has 4 rings (SSSR count). The largest absolute Gasteiger partial charge is 0.417 e. The van der Waals surface area contributed by atoms with Crippen LogP contribution in [0.2, 0.25) is 18.1 Å². The lowest BCUT2D eigenvalue weighted by Gasteiger charge is -2.36. The average Bonchev–Trinajstić information content (AvgIpc) is 3.36. The Morgan fingerprint density at radius 2 is 1.45 bits per heavy atom. The number of anilines is 1. The molecule has 2 atom stereocenters. The molecule has 0 unspecified atom stereocenters. The molecule has 0 saturated carbocycles. The number of amides is 1. The second-order valence-electron chi connectivity index (χ2n) is 14.2. The quantitative estimate of drug-likeness (QED) is 0.118. The zero-order valence-corrected chi connectivity index (χ0v) is 29.9. The Morgan fingerprint density at radius 3 is 2.02 bits per heavy atom. The van der Waals surface area contributed by atoms with Crippen molar-refractivity contribution >= 4 is 19.9 Å². The summed E-state index contributed by atoms with van der Waals surface area (Å²) in [5, 5.41) is 25.1. The van der Waals surface area contributed by atoms with Crippen molar-refractivity contribution in [2.24, 2.45) is 0 Å². The number of aliphatic hydroxyl groups is 2. The van der Waals surface area contributed by atoms with Crippen LogP contribution < -0.4 is 5.32 Å². The second-order valence-corrected chi connectivity index (χ2v) is 19.0. The molecule has 6 nitrogen and oxygen atoms in total. The number of benzene rings is 3. The molecular weight excluding hydrogens is 608 g/mol. The molecule has 0 bridgehead atoms. The molecular formula is C39H51FN2O4Si. The van der Waals surface area contributed by atoms with E-state index in [1.54, 1.807) is 12.1 Å². The lowest BCUT2D eigenvalue weighted by molar-refractivity contribution is 0.0593. The number of nitrogens with zero attached hydrogens (tertiary/aromatic N) is 1. The summed E-state index contributed by atoms with van der Waals surface area (Å²) in [6.07, 6.45) is -0.447. The van der Waals surface area contributed by atoms with Gasteiger partial charge in [-0.1, -0.05) is 83.1 Å². The summed E-state index contributed by atoms with van der Waals surface area (Å²) < 4.78 is 22.5. The van der Waals surface area contributed by atoms with Crippen LogP contribution in [-0.4, -0.2) is 47.8 Å². The molecule has 0 saturated heterocycles. The standard InChI is InChI=1S/C39H51FN2O4Si/c1-27(2)36-35(38(45)41-31-16-12-9-13-17-31)34(28-14-10-8-11-15-28)37(29-18-20-30(40)21-19-29)42(36)24-22-32(43)26-33(44)23-25-46-47(6,7)39(3,4)5/h8-21,27,32-33,43-44H,22-26H2,1-7H3,(H,41,45)/t32-,33+/m1/s1. The molecule has 0 spiro atoms. The number of carbonyl (C=O) groups is 1. The van der Waals surface area contributed by atoms with Gasteiger partial charge in [-0.15, -0.1) is 0 Å². The number of aromatic nitrogens is 1. The number of halogens is 1. The fourth-order valence-electron chi connectivity index (χ4n) is 5.70. The summed E-state index contributed by atoms with van der Waals surface area (Å²) in [7, 11) is -1.93. The Labute approximate surface area is 280 Å². The first-order chi connectivity index (χ1) is 22.2. The predicted molar refractivity (Wildman–Crippen MR) is 193 cm³/mol. The molecule has 3 aromatic carbocycles. The van der Waals surface area contributed by atoms with Crippen LogP contribution in [-0.2, 0) is 11.0 Å². The van der Waals surface area contributed by atoms with Crippen molar-refractivity contribution in [3.63, 3.8) is 0 Å². The Bertz CT molecular complexity index is 1600. The van der Waals surface area contributed by atoms with Crippen molar-refractivity contribution in [2.75, 3.05) is 11.9 Å². The molecule has 0 aliphatic carbocycles. The van der Waals surface area contributed by atoms with Crippen LogP contribution in [0.25, 0.3) is 22.4 Å². The van der Waals surface area contributed by atoms with Gasteiger partial charge in [0.1, 0.15) is 5.82 Å². The monoisotopic (exact) mass is 658 g/mol. The minimum Gasteiger partial charge on any atom is -0.417 e. The van der Waals surface area contributed by atoms with Crippen LogP contribution in [0.3, 0.4) is 0 Å². The van der Waals surface area contributed by atoms with E-state index in [4.69, 9.17) is 4.43 Å². The van der Waals surface area contributed by atoms with Crippen LogP contribution in [0.5, 0.6) is 0 Å². The molecule has 3 N–H and O–H groups in total. The number of para-hydroxylation sites is 1. The first kappa shape index (κ1) is 36.3. The summed E-state index contributed by atoms with van der Waals surface area (Å²) in [6.45, 7) is 15.9. The molecule has 4 aromatic rings. The molecule has 0 radical (unpaired) electrons. The van der Waals surface area contributed by atoms with Gasteiger partial charge in [0, 0.05) is 30.1 Å². The van der Waals surface area contributed by atoms with Gasteiger partial charge in [0.25, 0.3) is 5.91 Å². The van der Waals surface area contributed by atoms with Crippen LogP contribution in [0.4, 0.5) is 10.1 Å². The van der Waals surface area contributed by atoms with Gasteiger partial charge in [-0.25, -0.2) is 4.39 Å². The van der Waals surface area contributed by atoms with E-state index >= 15 is 0 Å². The third-order valence-electron chi connectivity index (χ3n) is 9.24. The van der Waals surface area contributed by atoms with Gasteiger partial charge in [0.05, 0.1) is 23.5 Å². The Kier molecular flexibility index (Phi) is 12.0. The van der Waals surface area contributed by atoms with Gasteiger partial charge in [-0.05, 0) is 90.8 Å². The number of carbonyl (C=O) groups excluding carboxylic acids is 1. The van der Waals surface area contributed by atoms with Crippen LogP contribution in [0.1, 0.15) is 75.9 Å². The molecule has 1 heterocycles. The minimum absolute atomic E-state index is 0.0570. The van der Waals surface area contributed by atoms with E-state index in [1.165, 1.54) is 12.1 Å². The molecule has 0 fully saturated rings. The molecule has 0 aliphatic heterocycles. The number of rotatable bonds is 14. The van der Waals surface area contributed by atoms with Gasteiger partial charge in [-0.2, -0.15) is 0 Å². The first-order valence-corrected chi connectivity index (χ1v) is 19.5. The van der Waals surface area contributed by atoms with Gasteiger partial charge in [0.2, 0.25) is 0 Å². The van der Waals surface area contributed by atoms with Crippen LogP contribution >= 0.6 is 0 Å². The normalized spacial score (nSPS) is 13.5. The number of nitrogens with one attached hydrogen (secondary N) is 1.